The molecule has 1 unspecified atom stereocenters. The summed E-state index contributed by atoms with van der Waals surface area (Å²) in [7, 11) is 1.74. The maximum Gasteiger partial charge on any atom is 0.115 e. The van der Waals surface area contributed by atoms with E-state index in [1.54, 1.807) is 7.11 Å². The molecule has 0 bridgehead atoms. The molecule has 0 saturated heterocycles. The number of imidazole rings is 1. The van der Waals surface area contributed by atoms with Crippen LogP contribution in [0.2, 0.25) is 0 Å². The van der Waals surface area contributed by atoms with Gasteiger partial charge < -0.3 is 15.0 Å². The monoisotopic (exact) mass is 275 g/mol. The van der Waals surface area contributed by atoms with Gasteiger partial charge in [-0.15, -0.1) is 0 Å². The zero-order chi connectivity index (χ0) is 14.9. The topological polar surface area (TPSA) is 53.1 Å². The second kappa shape index (κ2) is 5.44. The highest BCUT2D eigenvalue weighted by molar-refractivity contribution is 5.79. The molecule has 2 aromatic rings. The van der Waals surface area contributed by atoms with Crippen LogP contribution in [0, 0.1) is 5.92 Å². The van der Waals surface area contributed by atoms with Gasteiger partial charge in [-0.1, -0.05) is 27.7 Å². The summed E-state index contributed by atoms with van der Waals surface area (Å²) in [6, 6.07) is 5.95. The molecule has 4 heteroatoms. The molecule has 0 aliphatic heterocycles. The predicted molar refractivity (Wildman–Crippen MR) is 83.9 cm³/mol. The number of nitrogens with two attached hydrogens (primary N) is 1. The van der Waals surface area contributed by atoms with Crippen molar-refractivity contribution in [2.24, 2.45) is 5.92 Å². The average Bonchev–Trinajstić information content (AvgIpc) is 2.67. The first-order chi connectivity index (χ1) is 9.32. The lowest BCUT2D eigenvalue weighted by atomic mass is 9.95. The average molecular weight is 275 g/mol. The first kappa shape index (κ1) is 14.9. The highest BCUT2D eigenvalue weighted by Crippen LogP contribution is 2.28. The van der Waals surface area contributed by atoms with Crippen LogP contribution in [0.15, 0.2) is 18.2 Å². The number of hydrogen-bond acceptors (Lipinski definition) is 3. The lowest BCUT2D eigenvalue weighted by Gasteiger charge is -2.22. The van der Waals surface area contributed by atoms with E-state index >= 15 is 0 Å². The van der Waals surface area contributed by atoms with Gasteiger partial charge in [0.2, 0.25) is 0 Å². The van der Waals surface area contributed by atoms with E-state index in [9.17, 15) is 0 Å². The van der Waals surface area contributed by atoms with Crippen molar-refractivity contribution in [3.8, 4) is 0 Å². The fourth-order valence-corrected chi connectivity index (χ4v) is 2.55. The largest absolute Gasteiger partial charge is 0.399 e. The Morgan fingerprint density at radius 2 is 2.05 bits per heavy atom. The van der Waals surface area contributed by atoms with Crippen LogP contribution < -0.4 is 5.73 Å². The van der Waals surface area contributed by atoms with Crippen LogP contribution in [-0.4, -0.2) is 23.3 Å². The summed E-state index contributed by atoms with van der Waals surface area (Å²) in [6.45, 7) is 10.4. The van der Waals surface area contributed by atoms with Crippen LogP contribution in [0.1, 0.15) is 33.5 Å². The summed E-state index contributed by atoms with van der Waals surface area (Å²) in [4.78, 5) is 4.80. The van der Waals surface area contributed by atoms with Gasteiger partial charge in [-0.2, -0.15) is 0 Å². The Balaban J connectivity index is 2.53. The Morgan fingerprint density at radius 3 is 2.65 bits per heavy atom. The van der Waals surface area contributed by atoms with Gasteiger partial charge in [-0.25, -0.2) is 4.98 Å². The molecular formula is C16H25N3O. The van der Waals surface area contributed by atoms with Crippen molar-refractivity contribution in [3.63, 3.8) is 0 Å². The first-order valence-electron chi connectivity index (χ1n) is 7.08. The SMILES string of the molecule is COCC(C)Cn1c(C(C)(C)C)nc2cc(N)ccc21. The zero-order valence-electron chi connectivity index (χ0n) is 13.1. The molecule has 1 aromatic heterocycles. The number of methoxy groups -OCH3 is 1. The third-order valence-electron chi connectivity index (χ3n) is 3.39. The van der Waals surface area contributed by atoms with Crippen molar-refractivity contribution in [2.75, 3.05) is 19.5 Å². The van der Waals surface area contributed by atoms with E-state index in [4.69, 9.17) is 15.5 Å². The van der Waals surface area contributed by atoms with E-state index in [-0.39, 0.29) is 5.41 Å². The van der Waals surface area contributed by atoms with Gasteiger partial charge >= 0.3 is 0 Å². The first-order valence-corrected chi connectivity index (χ1v) is 7.08. The van der Waals surface area contributed by atoms with Crippen LogP contribution in [0.25, 0.3) is 11.0 Å². The number of ether oxygens (including phenoxy) is 1. The maximum absolute atomic E-state index is 5.87. The quantitative estimate of drug-likeness (QED) is 0.872. The van der Waals surface area contributed by atoms with E-state index in [1.807, 2.05) is 12.1 Å². The summed E-state index contributed by atoms with van der Waals surface area (Å²) in [5, 5.41) is 0. The number of benzene rings is 1. The molecular weight excluding hydrogens is 250 g/mol. The number of anilines is 1. The van der Waals surface area contributed by atoms with Crippen LogP contribution in [-0.2, 0) is 16.7 Å². The van der Waals surface area contributed by atoms with E-state index in [0.717, 1.165) is 35.7 Å². The Bertz CT molecular complexity index is 596. The minimum absolute atomic E-state index is 0.000569. The number of nitrogens with zero attached hydrogens (tertiary/aromatic N) is 2. The normalized spacial score (nSPS) is 13.8. The van der Waals surface area contributed by atoms with Crippen LogP contribution in [0.3, 0.4) is 0 Å². The van der Waals surface area contributed by atoms with Crippen LogP contribution in [0.5, 0.6) is 0 Å². The molecule has 0 aliphatic rings. The standard InChI is InChI=1S/C16H25N3O/c1-11(10-20-5)9-19-14-7-6-12(17)8-13(14)18-15(19)16(2,3)4/h6-8,11H,9-10,17H2,1-5H3. The smallest absolute Gasteiger partial charge is 0.115 e. The summed E-state index contributed by atoms with van der Waals surface area (Å²) in [5.74, 6) is 1.54. The molecule has 1 aromatic carbocycles. The van der Waals surface area contributed by atoms with Gasteiger partial charge in [0.15, 0.2) is 0 Å². The minimum Gasteiger partial charge on any atom is -0.399 e. The Labute approximate surface area is 120 Å². The summed E-state index contributed by atoms with van der Waals surface area (Å²) >= 11 is 0. The Morgan fingerprint density at radius 1 is 1.35 bits per heavy atom. The van der Waals surface area contributed by atoms with Gasteiger partial charge in [0, 0.05) is 24.8 Å². The fraction of sp³-hybridized carbons (Fsp3) is 0.562. The molecule has 0 fully saturated rings. The molecule has 2 rings (SSSR count). The van der Waals surface area contributed by atoms with Crippen molar-refractivity contribution >= 4 is 16.7 Å². The Kier molecular flexibility index (Phi) is 4.04. The summed E-state index contributed by atoms with van der Waals surface area (Å²) in [6.07, 6.45) is 0. The van der Waals surface area contributed by atoms with Gasteiger partial charge in [0.1, 0.15) is 5.82 Å². The highest BCUT2D eigenvalue weighted by Gasteiger charge is 2.23. The number of nitrogen functional groups attached to an aromatic ring is 1. The number of fused-ring (bicyclic) bond motifs is 1. The van der Waals surface area contributed by atoms with Crippen LogP contribution in [0.4, 0.5) is 5.69 Å². The number of aromatic nitrogens is 2. The van der Waals surface area contributed by atoms with Crippen molar-refractivity contribution in [3.05, 3.63) is 24.0 Å². The summed E-state index contributed by atoms with van der Waals surface area (Å²) < 4.78 is 7.56. The van der Waals surface area contributed by atoms with E-state index in [2.05, 4.69) is 38.3 Å². The lowest BCUT2D eigenvalue weighted by Crippen LogP contribution is -2.22. The number of hydrogen-bond donors (Lipinski definition) is 1. The lowest BCUT2D eigenvalue weighted by molar-refractivity contribution is 0.151. The molecule has 4 nitrogen and oxygen atoms in total. The van der Waals surface area contributed by atoms with Crippen molar-refractivity contribution in [2.45, 2.75) is 39.7 Å². The molecule has 0 amide bonds. The summed E-state index contributed by atoms with van der Waals surface area (Å²) in [5.41, 5.74) is 8.75. The van der Waals surface area contributed by atoms with E-state index in [0.29, 0.717) is 5.92 Å². The molecule has 0 spiro atoms. The van der Waals surface area contributed by atoms with Crippen molar-refractivity contribution in [1.82, 2.24) is 9.55 Å². The predicted octanol–water partition coefficient (Wildman–Crippen LogP) is 3.20. The third-order valence-corrected chi connectivity index (χ3v) is 3.39. The minimum atomic E-state index is 0.000569. The van der Waals surface area contributed by atoms with Crippen molar-refractivity contribution < 1.29 is 4.74 Å². The molecule has 1 heterocycles. The van der Waals surface area contributed by atoms with Gasteiger partial charge in [-0.3, -0.25) is 0 Å². The Hall–Kier alpha value is -1.55. The molecule has 20 heavy (non-hydrogen) atoms. The molecule has 110 valence electrons. The zero-order valence-corrected chi connectivity index (χ0v) is 13.1. The van der Waals surface area contributed by atoms with E-state index in [1.165, 1.54) is 0 Å². The molecule has 0 radical (unpaired) electrons. The second-order valence-electron chi connectivity index (χ2n) is 6.60. The fourth-order valence-electron chi connectivity index (χ4n) is 2.55. The van der Waals surface area contributed by atoms with Crippen molar-refractivity contribution in [1.29, 1.82) is 0 Å². The van der Waals surface area contributed by atoms with E-state index < -0.39 is 0 Å². The third kappa shape index (κ3) is 2.96. The van der Waals surface area contributed by atoms with Gasteiger partial charge in [0.05, 0.1) is 17.6 Å². The highest BCUT2D eigenvalue weighted by atomic mass is 16.5. The van der Waals surface area contributed by atoms with Gasteiger partial charge in [0.25, 0.3) is 0 Å². The molecule has 0 aliphatic carbocycles. The molecule has 0 saturated carbocycles. The molecule has 1 atom stereocenters. The second-order valence-corrected chi connectivity index (χ2v) is 6.60. The maximum atomic E-state index is 5.87. The van der Waals surface area contributed by atoms with Crippen LogP contribution >= 0.6 is 0 Å². The molecule has 2 N–H and O–H groups in total. The van der Waals surface area contributed by atoms with Gasteiger partial charge in [-0.05, 0) is 24.1 Å². The number of rotatable bonds is 4.